The van der Waals surface area contributed by atoms with E-state index in [4.69, 9.17) is 11.5 Å². The van der Waals surface area contributed by atoms with E-state index >= 15 is 0 Å². The van der Waals surface area contributed by atoms with Gasteiger partial charge in [-0.05, 0) is 24.3 Å². The van der Waals surface area contributed by atoms with Gasteiger partial charge in [-0.1, -0.05) is 0 Å². The van der Waals surface area contributed by atoms with Gasteiger partial charge in [-0.25, -0.2) is 4.90 Å². The van der Waals surface area contributed by atoms with Crippen LogP contribution in [0.5, 0.6) is 0 Å². The molecule has 0 heterocycles. The Morgan fingerprint density at radius 1 is 0.955 bits per heavy atom. The summed E-state index contributed by atoms with van der Waals surface area (Å²) in [4.78, 5) is 49.0. The molecule has 0 aromatic heterocycles. The lowest BCUT2D eigenvalue weighted by molar-refractivity contribution is -0.151. The highest BCUT2D eigenvalue weighted by Crippen LogP contribution is 2.17. The maximum atomic E-state index is 12.3. The van der Waals surface area contributed by atoms with Crippen LogP contribution in [0.1, 0.15) is 13.8 Å². The topological polar surface area (TPSA) is 127 Å². The lowest BCUT2D eigenvalue weighted by Gasteiger charge is -2.23. The van der Waals surface area contributed by atoms with E-state index in [0.717, 1.165) is 13.8 Å². The number of hydrogen-bond acceptors (Lipinski definition) is 6. The maximum absolute atomic E-state index is 12.3. The van der Waals surface area contributed by atoms with Crippen molar-refractivity contribution in [2.24, 2.45) is 5.73 Å². The normalized spacial score (nSPS) is 9.95. The van der Waals surface area contributed by atoms with Gasteiger partial charge in [0, 0.05) is 32.6 Å². The van der Waals surface area contributed by atoms with E-state index in [2.05, 4.69) is 0 Å². The molecule has 4 amide bonds. The monoisotopic (exact) mass is 306 g/mol. The lowest BCUT2D eigenvalue weighted by Crippen LogP contribution is -2.50. The molecule has 1 aromatic rings. The Kier molecular flexibility index (Phi) is 5.76. The van der Waals surface area contributed by atoms with Crippen molar-refractivity contribution in [3.63, 3.8) is 0 Å². The van der Waals surface area contributed by atoms with E-state index in [-0.39, 0.29) is 18.8 Å². The summed E-state index contributed by atoms with van der Waals surface area (Å²) in [5, 5.41) is 0. The number of rotatable bonds is 3. The summed E-state index contributed by atoms with van der Waals surface area (Å²) in [5.74, 6) is -3.50. The second-order valence-corrected chi connectivity index (χ2v) is 4.52. The molecule has 0 saturated heterocycles. The average molecular weight is 306 g/mol. The van der Waals surface area contributed by atoms with Gasteiger partial charge < -0.3 is 11.5 Å². The van der Waals surface area contributed by atoms with Crippen LogP contribution in [-0.4, -0.2) is 41.6 Å². The second-order valence-electron chi connectivity index (χ2n) is 4.52. The molecule has 0 aliphatic rings. The molecule has 0 spiro atoms. The predicted octanol–water partition coefficient (Wildman–Crippen LogP) is -0.518. The number of nitrogens with two attached hydrogens (primary N) is 2. The Bertz CT molecular complexity index is 597. The van der Waals surface area contributed by atoms with E-state index < -0.39 is 23.6 Å². The first kappa shape index (κ1) is 17.3. The molecule has 0 atom stereocenters. The van der Waals surface area contributed by atoms with Gasteiger partial charge in [0.25, 0.3) is 0 Å². The van der Waals surface area contributed by atoms with Crippen molar-refractivity contribution >= 4 is 35.0 Å². The van der Waals surface area contributed by atoms with Crippen LogP contribution in [-0.2, 0) is 19.2 Å². The molecule has 0 unspecified atom stereocenters. The van der Waals surface area contributed by atoms with Crippen molar-refractivity contribution in [1.82, 2.24) is 4.90 Å². The number of amides is 4. The third kappa shape index (κ3) is 3.89. The molecule has 4 N–H and O–H groups in total. The van der Waals surface area contributed by atoms with E-state index in [1.54, 1.807) is 0 Å². The summed E-state index contributed by atoms with van der Waals surface area (Å²) in [5.41, 5.74) is 11.5. The van der Waals surface area contributed by atoms with Crippen LogP contribution >= 0.6 is 0 Å². The van der Waals surface area contributed by atoms with Crippen LogP contribution < -0.4 is 16.4 Å². The first-order valence-electron chi connectivity index (χ1n) is 6.52. The molecule has 0 aliphatic heterocycles. The first-order valence-corrected chi connectivity index (χ1v) is 6.52. The Labute approximate surface area is 127 Å². The average Bonchev–Trinajstić information content (AvgIpc) is 2.45. The molecular formula is C14H18N4O4. The third-order valence-corrected chi connectivity index (χ3v) is 2.83. The number of hydrogen-bond donors (Lipinski definition) is 2. The summed E-state index contributed by atoms with van der Waals surface area (Å²) >= 11 is 0. The summed E-state index contributed by atoms with van der Waals surface area (Å²) in [6, 6.07) is 5.85. The quantitative estimate of drug-likeness (QED) is 0.571. The Morgan fingerprint density at radius 2 is 1.50 bits per heavy atom. The third-order valence-electron chi connectivity index (χ3n) is 2.83. The van der Waals surface area contributed by atoms with Crippen LogP contribution in [0.25, 0.3) is 0 Å². The molecule has 118 valence electrons. The minimum Gasteiger partial charge on any atom is -0.399 e. The highest BCUT2D eigenvalue weighted by atomic mass is 16.2. The van der Waals surface area contributed by atoms with Gasteiger partial charge in [0.2, 0.25) is 11.8 Å². The van der Waals surface area contributed by atoms with Crippen molar-refractivity contribution in [3.05, 3.63) is 24.3 Å². The van der Waals surface area contributed by atoms with Gasteiger partial charge in [-0.2, -0.15) is 0 Å². The molecule has 22 heavy (non-hydrogen) atoms. The van der Waals surface area contributed by atoms with Crippen LogP contribution in [0.4, 0.5) is 11.4 Å². The van der Waals surface area contributed by atoms with Crippen LogP contribution in [0.3, 0.4) is 0 Å². The minimum atomic E-state index is -1.12. The molecule has 8 heteroatoms. The largest absolute Gasteiger partial charge is 0.399 e. The number of nitrogen functional groups attached to an aromatic ring is 1. The van der Waals surface area contributed by atoms with Crippen molar-refractivity contribution < 1.29 is 19.2 Å². The fraction of sp³-hybridized carbons (Fsp3) is 0.286. The minimum absolute atomic E-state index is 0.0144. The van der Waals surface area contributed by atoms with E-state index in [9.17, 15) is 19.2 Å². The van der Waals surface area contributed by atoms with E-state index in [1.807, 2.05) is 0 Å². The molecule has 0 saturated carbocycles. The van der Waals surface area contributed by atoms with Crippen LogP contribution in [0.2, 0.25) is 0 Å². The highest BCUT2D eigenvalue weighted by Gasteiger charge is 2.32. The number of carbonyl (C=O) groups is 4. The van der Waals surface area contributed by atoms with E-state index in [0.29, 0.717) is 15.5 Å². The van der Waals surface area contributed by atoms with Gasteiger partial charge in [-0.3, -0.25) is 24.1 Å². The molecule has 1 rings (SSSR count). The fourth-order valence-electron chi connectivity index (χ4n) is 1.81. The number of anilines is 2. The molecule has 0 radical (unpaired) electrons. The Morgan fingerprint density at radius 3 is 1.91 bits per heavy atom. The zero-order valence-corrected chi connectivity index (χ0v) is 12.4. The number of imide groups is 2. The van der Waals surface area contributed by atoms with Gasteiger partial charge in [0.1, 0.15) is 0 Å². The zero-order chi connectivity index (χ0) is 16.9. The van der Waals surface area contributed by atoms with Crippen LogP contribution in [0, 0.1) is 0 Å². The molecule has 0 aliphatic carbocycles. The number of carbonyl (C=O) groups excluding carboxylic acids is 4. The standard InChI is InChI=1S/C14H18N4O4/c1-9(19)17(8-7-15)13(21)14(22)18(10(2)20)12-5-3-11(16)4-6-12/h3-6H,7-8,15-16H2,1-2H3. The van der Waals surface area contributed by atoms with E-state index in [1.165, 1.54) is 24.3 Å². The smallest absolute Gasteiger partial charge is 0.323 e. The fourth-order valence-corrected chi connectivity index (χ4v) is 1.81. The zero-order valence-electron chi connectivity index (χ0n) is 12.4. The van der Waals surface area contributed by atoms with Crippen molar-refractivity contribution in [2.45, 2.75) is 13.8 Å². The molecule has 1 aromatic carbocycles. The Hall–Kier alpha value is -2.74. The number of benzene rings is 1. The van der Waals surface area contributed by atoms with Gasteiger partial charge in [-0.15, -0.1) is 0 Å². The highest BCUT2D eigenvalue weighted by molar-refractivity contribution is 6.46. The predicted molar refractivity (Wildman–Crippen MR) is 80.5 cm³/mol. The van der Waals surface area contributed by atoms with Gasteiger partial charge in [0.15, 0.2) is 0 Å². The second kappa shape index (κ2) is 7.32. The van der Waals surface area contributed by atoms with Gasteiger partial charge >= 0.3 is 11.8 Å². The lowest BCUT2D eigenvalue weighted by atomic mass is 10.2. The SMILES string of the molecule is CC(=O)N(CCN)C(=O)C(=O)N(C(C)=O)c1ccc(N)cc1. The molecule has 0 bridgehead atoms. The van der Waals surface area contributed by atoms with Crippen molar-refractivity contribution in [1.29, 1.82) is 0 Å². The summed E-state index contributed by atoms with van der Waals surface area (Å²) in [6.07, 6.45) is 0. The molecule has 8 nitrogen and oxygen atoms in total. The van der Waals surface area contributed by atoms with Gasteiger partial charge in [0.05, 0.1) is 5.69 Å². The number of nitrogens with zero attached hydrogens (tertiary/aromatic N) is 2. The summed E-state index contributed by atoms with van der Waals surface area (Å²) < 4.78 is 0. The summed E-state index contributed by atoms with van der Waals surface area (Å²) in [7, 11) is 0. The first-order chi connectivity index (χ1) is 10.3. The van der Waals surface area contributed by atoms with Crippen molar-refractivity contribution in [3.8, 4) is 0 Å². The maximum Gasteiger partial charge on any atom is 0.323 e. The molecule has 0 fully saturated rings. The van der Waals surface area contributed by atoms with Crippen molar-refractivity contribution in [2.75, 3.05) is 23.7 Å². The van der Waals surface area contributed by atoms with Crippen LogP contribution in [0.15, 0.2) is 24.3 Å². The molecular weight excluding hydrogens is 288 g/mol. The Balaban J connectivity index is 3.13. The summed E-state index contributed by atoms with van der Waals surface area (Å²) in [6.45, 7) is 2.19.